The molecule has 1 aromatic carbocycles. The molecule has 26 heavy (non-hydrogen) atoms. The summed E-state index contributed by atoms with van der Waals surface area (Å²) in [4.78, 5) is 37.2. The number of carbonyl (C=O) groups excluding carboxylic acids is 3. The summed E-state index contributed by atoms with van der Waals surface area (Å²) in [6, 6.07) is 7.47. The van der Waals surface area contributed by atoms with Crippen molar-refractivity contribution in [2.24, 2.45) is 5.92 Å². The lowest BCUT2D eigenvalue weighted by atomic mass is 10.0. The molecule has 0 spiro atoms. The second kappa shape index (κ2) is 9.48. The third-order valence-corrected chi connectivity index (χ3v) is 4.55. The van der Waals surface area contributed by atoms with Crippen molar-refractivity contribution in [2.75, 3.05) is 6.61 Å². The van der Waals surface area contributed by atoms with E-state index in [1.165, 1.54) is 0 Å². The summed E-state index contributed by atoms with van der Waals surface area (Å²) in [5.41, 5.74) is 0.501. The highest BCUT2D eigenvalue weighted by Gasteiger charge is 2.37. The van der Waals surface area contributed by atoms with E-state index in [4.69, 9.17) is 4.74 Å². The maximum atomic E-state index is 12.8. The van der Waals surface area contributed by atoms with Crippen LogP contribution in [0.1, 0.15) is 50.4 Å². The molecule has 1 aromatic rings. The van der Waals surface area contributed by atoms with E-state index in [2.05, 4.69) is 24.5 Å². The fraction of sp³-hybridized carbons (Fsp3) is 0.550. The van der Waals surface area contributed by atoms with Gasteiger partial charge in [-0.15, -0.1) is 0 Å². The molecule has 0 bridgehead atoms. The Morgan fingerprint density at radius 2 is 1.88 bits per heavy atom. The van der Waals surface area contributed by atoms with Crippen molar-refractivity contribution in [1.82, 2.24) is 10.6 Å². The van der Waals surface area contributed by atoms with Crippen molar-refractivity contribution in [1.29, 1.82) is 0 Å². The summed E-state index contributed by atoms with van der Waals surface area (Å²) < 4.78 is 5.40. The first-order chi connectivity index (χ1) is 12.4. The number of ether oxygens (including phenoxy) is 1. The zero-order valence-corrected chi connectivity index (χ0v) is 15.7. The topological polar surface area (TPSA) is 84.5 Å². The van der Waals surface area contributed by atoms with Gasteiger partial charge in [0.2, 0.25) is 5.91 Å². The normalized spacial score (nSPS) is 20.8. The van der Waals surface area contributed by atoms with E-state index < -0.39 is 12.1 Å². The maximum absolute atomic E-state index is 12.8. The minimum atomic E-state index is -0.684. The lowest BCUT2D eigenvalue weighted by Gasteiger charge is -2.23. The van der Waals surface area contributed by atoms with E-state index in [0.29, 0.717) is 24.3 Å². The molecular weight excluding hydrogens is 332 g/mol. The summed E-state index contributed by atoms with van der Waals surface area (Å²) in [5.74, 6) is -0.353. The number of hydrogen-bond acceptors (Lipinski definition) is 4. The van der Waals surface area contributed by atoms with Crippen molar-refractivity contribution >= 4 is 17.6 Å². The number of rotatable bonds is 8. The van der Waals surface area contributed by atoms with Crippen LogP contribution in [0.4, 0.5) is 0 Å². The molecule has 2 rings (SSSR count). The lowest BCUT2D eigenvalue weighted by molar-refractivity contribution is -0.127. The standard InChI is InChI=1S/C20H28N2O4/c1-4-17-18(16(23)12-26-17)22-20(25)15(11-10-13(2)3)21-19(24)14-8-6-5-7-9-14/h5-9,13,15,17-18H,4,10-12H2,1-3H3,(H,21,24)(H,22,25)/t15-,17?,18?/m0/s1. The molecular formula is C20H28N2O4. The fourth-order valence-electron chi connectivity index (χ4n) is 2.96. The third-order valence-electron chi connectivity index (χ3n) is 4.55. The number of ketones is 1. The molecule has 1 aliphatic rings. The second-order valence-corrected chi connectivity index (χ2v) is 7.07. The Labute approximate surface area is 154 Å². The van der Waals surface area contributed by atoms with Crippen LogP contribution < -0.4 is 10.6 Å². The molecule has 0 radical (unpaired) electrons. The molecule has 1 heterocycles. The van der Waals surface area contributed by atoms with Crippen molar-refractivity contribution < 1.29 is 19.1 Å². The minimum Gasteiger partial charge on any atom is -0.368 e. The number of Topliss-reactive ketones (excluding diaryl/α,β-unsaturated/α-hetero) is 1. The molecule has 6 heteroatoms. The predicted octanol–water partition coefficient (Wildman–Crippen LogP) is 2.08. The van der Waals surface area contributed by atoms with Gasteiger partial charge < -0.3 is 15.4 Å². The fourth-order valence-corrected chi connectivity index (χ4v) is 2.96. The summed E-state index contributed by atoms with van der Waals surface area (Å²) >= 11 is 0. The maximum Gasteiger partial charge on any atom is 0.251 e. The van der Waals surface area contributed by atoms with Gasteiger partial charge in [0.1, 0.15) is 18.7 Å². The van der Waals surface area contributed by atoms with Crippen LogP contribution in [0.25, 0.3) is 0 Å². The summed E-state index contributed by atoms with van der Waals surface area (Å²) in [6.07, 6.45) is 1.64. The quantitative estimate of drug-likeness (QED) is 0.743. The first-order valence-electron chi connectivity index (χ1n) is 9.23. The van der Waals surface area contributed by atoms with E-state index in [1.807, 2.05) is 13.0 Å². The van der Waals surface area contributed by atoms with E-state index in [1.54, 1.807) is 24.3 Å². The van der Waals surface area contributed by atoms with Gasteiger partial charge in [-0.1, -0.05) is 39.0 Å². The average molecular weight is 360 g/mol. The van der Waals surface area contributed by atoms with Gasteiger partial charge in [0.25, 0.3) is 5.91 Å². The van der Waals surface area contributed by atoms with Gasteiger partial charge in [-0.2, -0.15) is 0 Å². The smallest absolute Gasteiger partial charge is 0.251 e. The highest BCUT2D eigenvalue weighted by Crippen LogP contribution is 2.15. The Kier molecular flexibility index (Phi) is 7.33. The molecule has 3 atom stereocenters. The summed E-state index contributed by atoms with van der Waals surface area (Å²) in [6.45, 7) is 6.07. The molecule has 1 fully saturated rings. The average Bonchev–Trinajstić information content (AvgIpc) is 2.98. The Bertz CT molecular complexity index is 630. The van der Waals surface area contributed by atoms with E-state index in [9.17, 15) is 14.4 Å². The second-order valence-electron chi connectivity index (χ2n) is 7.07. The van der Waals surface area contributed by atoms with Gasteiger partial charge in [0.15, 0.2) is 5.78 Å². The molecule has 2 amide bonds. The van der Waals surface area contributed by atoms with Crippen molar-refractivity contribution in [3.63, 3.8) is 0 Å². The molecule has 1 aliphatic heterocycles. The number of amides is 2. The predicted molar refractivity (Wildman–Crippen MR) is 98.7 cm³/mol. The zero-order chi connectivity index (χ0) is 19.1. The first kappa shape index (κ1) is 20.1. The van der Waals surface area contributed by atoms with E-state index in [0.717, 1.165) is 6.42 Å². The number of benzene rings is 1. The highest BCUT2D eigenvalue weighted by molar-refractivity contribution is 5.98. The molecule has 1 saturated heterocycles. The minimum absolute atomic E-state index is 0.0243. The number of hydrogen-bond donors (Lipinski definition) is 2. The van der Waals surface area contributed by atoms with Crippen LogP contribution >= 0.6 is 0 Å². The summed E-state index contributed by atoms with van der Waals surface area (Å²) in [5, 5.41) is 5.59. The van der Waals surface area contributed by atoms with Crippen LogP contribution in [0, 0.1) is 5.92 Å². The zero-order valence-electron chi connectivity index (χ0n) is 15.7. The third kappa shape index (κ3) is 5.39. The van der Waals surface area contributed by atoms with E-state index >= 15 is 0 Å². The Hall–Kier alpha value is -2.21. The van der Waals surface area contributed by atoms with Crippen LogP contribution in [-0.2, 0) is 14.3 Å². The molecule has 2 unspecified atom stereocenters. The van der Waals surface area contributed by atoms with Gasteiger partial charge in [0.05, 0.1) is 6.10 Å². The van der Waals surface area contributed by atoms with Gasteiger partial charge in [-0.25, -0.2) is 0 Å². The van der Waals surface area contributed by atoms with Crippen LogP contribution in [0.3, 0.4) is 0 Å². The lowest BCUT2D eigenvalue weighted by Crippen LogP contribution is -2.53. The van der Waals surface area contributed by atoms with E-state index in [-0.39, 0.29) is 30.3 Å². The van der Waals surface area contributed by atoms with Crippen LogP contribution in [-0.4, -0.2) is 42.4 Å². The van der Waals surface area contributed by atoms with Crippen LogP contribution in [0.5, 0.6) is 0 Å². The Morgan fingerprint density at radius 3 is 2.50 bits per heavy atom. The monoisotopic (exact) mass is 360 g/mol. The van der Waals surface area contributed by atoms with Crippen LogP contribution in [0.2, 0.25) is 0 Å². The molecule has 142 valence electrons. The SMILES string of the molecule is CCC1OCC(=O)C1NC(=O)[C@H](CCC(C)C)NC(=O)c1ccccc1. The Balaban J connectivity index is 2.06. The van der Waals surface area contributed by atoms with Crippen molar-refractivity contribution in [3.05, 3.63) is 35.9 Å². The summed E-state index contributed by atoms with van der Waals surface area (Å²) in [7, 11) is 0. The molecule has 6 nitrogen and oxygen atoms in total. The van der Waals surface area contributed by atoms with Gasteiger partial charge >= 0.3 is 0 Å². The number of nitrogens with one attached hydrogen (secondary N) is 2. The molecule has 0 aliphatic carbocycles. The van der Waals surface area contributed by atoms with Gasteiger partial charge in [-0.3, -0.25) is 14.4 Å². The largest absolute Gasteiger partial charge is 0.368 e. The van der Waals surface area contributed by atoms with Gasteiger partial charge in [-0.05, 0) is 37.3 Å². The van der Waals surface area contributed by atoms with Crippen LogP contribution in [0.15, 0.2) is 30.3 Å². The van der Waals surface area contributed by atoms with Crippen molar-refractivity contribution in [2.45, 2.75) is 58.2 Å². The van der Waals surface area contributed by atoms with Gasteiger partial charge in [0, 0.05) is 5.56 Å². The van der Waals surface area contributed by atoms with Crippen molar-refractivity contribution in [3.8, 4) is 0 Å². The first-order valence-corrected chi connectivity index (χ1v) is 9.23. The molecule has 2 N–H and O–H groups in total. The highest BCUT2D eigenvalue weighted by atomic mass is 16.5. The number of carbonyl (C=O) groups is 3. The molecule has 0 saturated carbocycles. The molecule has 0 aromatic heterocycles. The Morgan fingerprint density at radius 1 is 1.19 bits per heavy atom.